The van der Waals surface area contributed by atoms with Crippen molar-refractivity contribution < 1.29 is 9.15 Å². The number of nitrogens with one attached hydrogen (secondary N) is 1. The first kappa shape index (κ1) is 22.5. The lowest BCUT2D eigenvalue weighted by atomic mass is 10.0. The Morgan fingerprint density at radius 1 is 1.03 bits per heavy atom. The van der Waals surface area contributed by atoms with E-state index < -0.39 is 0 Å². The van der Waals surface area contributed by atoms with Crippen LogP contribution in [0.1, 0.15) is 30.0 Å². The number of rotatable bonds is 7. The molecule has 4 heterocycles. The van der Waals surface area contributed by atoms with Gasteiger partial charge in [0.25, 0.3) is 0 Å². The maximum Gasteiger partial charge on any atom is 0.170 e. The molecule has 5 rings (SSSR count). The Hall–Kier alpha value is -2.26. The summed E-state index contributed by atoms with van der Waals surface area (Å²) in [6, 6.07) is 18.2. The van der Waals surface area contributed by atoms with Gasteiger partial charge in [0.15, 0.2) is 5.11 Å². The van der Waals surface area contributed by atoms with Crippen LogP contribution in [-0.4, -0.2) is 59.3 Å². The van der Waals surface area contributed by atoms with E-state index in [0.29, 0.717) is 0 Å². The van der Waals surface area contributed by atoms with Crippen LogP contribution < -0.4 is 5.32 Å². The number of halogens is 1. The van der Waals surface area contributed by atoms with Crippen LogP contribution in [0.4, 0.5) is 0 Å². The maximum atomic E-state index is 6.41. The molecule has 2 aliphatic rings. The molecule has 3 aromatic rings. The maximum absolute atomic E-state index is 6.41. The molecule has 1 aromatic carbocycles. The minimum absolute atomic E-state index is 0.0544. The van der Waals surface area contributed by atoms with Crippen LogP contribution >= 0.6 is 28.1 Å². The van der Waals surface area contributed by atoms with Gasteiger partial charge < -0.3 is 19.4 Å². The van der Waals surface area contributed by atoms with E-state index in [1.165, 1.54) is 0 Å². The van der Waals surface area contributed by atoms with Crippen molar-refractivity contribution in [3.63, 3.8) is 0 Å². The van der Waals surface area contributed by atoms with Crippen molar-refractivity contribution in [3.8, 4) is 11.3 Å². The van der Waals surface area contributed by atoms with Gasteiger partial charge in [-0.25, -0.2) is 0 Å². The number of benzene rings is 1. The zero-order valence-electron chi connectivity index (χ0n) is 18.3. The van der Waals surface area contributed by atoms with E-state index in [1.54, 1.807) is 0 Å². The molecule has 0 amide bonds. The fraction of sp³-hybridized carbons (Fsp3) is 0.360. The summed E-state index contributed by atoms with van der Waals surface area (Å²) in [6.45, 7) is 5.52. The lowest BCUT2D eigenvalue weighted by Gasteiger charge is -2.29. The highest BCUT2D eigenvalue weighted by atomic mass is 79.9. The Balaban J connectivity index is 1.39. The summed E-state index contributed by atoms with van der Waals surface area (Å²) >= 11 is 9.29. The van der Waals surface area contributed by atoms with E-state index in [-0.39, 0.29) is 12.1 Å². The number of hydrogen-bond donors (Lipinski definition) is 1. The van der Waals surface area contributed by atoms with Crippen molar-refractivity contribution >= 4 is 33.3 Å². The normalized spacial score (nSPS) is 21.4. The van der Waals surface area contributed by atoms with Gasteiger partial charge in [-0.1, -0.05) is 34.1 Å². The minimum atomic E-state index is -0.0639. The first-order valence-electron chi connectivity index (χ1n) is 11.3. The van der Waals surface area contributed by atoms with Crippen molar-refractivity contribution in [2.45, 2.75) is 18.5 Å². The van der Waals surface area contributed by atoms with Crippen molar-refractivity contribution in [1.29, 1.82) is 0 Å². The summed E-state index contributed by atoms with van der Waals surface area (Å²) in [5, 5.41) is 4.26. The van der Waals surface area contributed by atoms with Gasteiger partial charge in [-0.2, -0.15) is 0 Å². The summed E-state index contributed by atoms with van der Waals surface area (Å²) in [5.41, 5.74) is 2.01. The molecule has 2 saturated heterocycles. The molecule has 6 nitrogen and oxygen atoms in total. The van der Waals surface area contributed by atoms with Crippen LogP contribution in [0.5, 0.6) is 0 Å². The molecule has 1 N–H and O–H groups in total. The Bertz CT molecular complexity index is 1070. The van der Waals surface area contributed by atoms with E-state index in [1.807, 2.05) is 42.6 Å². The summed E-state index contributed by atoms with van der Waals surface area (Å²) in [6.07, 6.45) is 2.85. The number of hydrogen-bond acceptors (Lipinski definition) is 5. The third kappa shape index (κ3) is 5.14. The third-order valence-electron chi connectivity index (χ3n) is 6.22. The van der Waals surface area contributed by atoms with Gasteiger partial charge in [-0.05, 0) is 55.0 Å². The number of pyridine rings is 1. The van der Waals surface area contributed by atoms with E-state index in [0.717, 1.165) is 78.2 Å². The summed E-state index contributed by atoms with van der Waals surface area (Å²) < 4.78 is 12.9. The van der Waals surface area contributed by atoms with Crippen molar-refractivity contribution in [2.75, 3.05) is 39.4 Å². The lowest BCUT2D eigenvalue weighted by Crippen LogP contribution is -2.38. The predicted molar refractivity (Wildman–Crippen MR) is 136 cm³/mol. The number of aromatic nitrogens is 1. The number of ether oxygens (including phenoxy) is 1. The molecular weight excluding hydrogens is 500 g/mol. The van der Waals surface area contributed by atoms with Gasteiger partial charge in [0.2, 0.25) is 0 Å². The SMILES string of the molecule is S=C1NC(c2ccccn2)C(c2ccc(-c3ccc(Br)cc3)o2)N1CCCN1CCOCC1. The first-order valence-corrected chi connectivity index (χ1v) is 12.5. The molecule has 0 bridgehead atoms. The monoisotopic (exact) mass is 526 g/mol. The van der Waals surface area contributed by atoms with Crippen LogP contribution in [0.3, 0.4) is 0 Å². The van der Waals surface area contributed by atoms with Gasteiger partial charge >= 0.3 is 0 Å². The average molecular weight is 527 g/mol. The van der Waals surface area contributed by atoms with Crippen LogP contribution in [0.2, 0.25) is 0 Å². The Kier molecular flexibility index (Phi) is 7.06. The number of morpholine rings is 1. The standard InChI is InChI=1S/C25H27BrN4O2S/c26-19-7-5-18(6-8-19)21-9-10-22(32-21)24-23(20-4-1-2-11-27-20)28-25(33)30(24)13-3-12-29-14-16-31-17-15-29/h1-2,4-11,23-24H,3,12-17H2,(H,28,33). The molecule has 2 aliphatic heterocycles. The fourth-order valence-corrected chi connectivity index (χ4v) is 5.12. The fourth-order valence-electron chi connectivity index (χ4n) is 4.53. The Morgan fingerprint density at radius 3 is 2.61 bits per heavy atom. The van der Waals surface area contributed by atoms with Gasteiger partial charge in [-0.3, -0.25) is 9.88 Å². The van der Waals surface area contributed by atoms with Crippen molar-refractivity contribution in [1.82, 2.24) is 20.1 Å². The van der Waals surface area contributed by atoms with Gasteiger partial charge in [0, 0.05) is 42.4 Å². The molecule has 0 aliphatic carbocycles. The lowest BCUT2D eigenvalue weighted by molar-refractivity contribution is 0.0365. The number of furan rings is 1. The molecule has 2 aromatic heterocycles. The molecule has 2 unspecified atom stereocenters. The third-order valence-corrected chi connectivity index (χ3v) is 7.10. The van der Waals surface area contributed by atoms with E-state index in [4.69, 9.17) is 21.4 Å². The molecule has 2 fully saturated rings. The summed E-state index contributed by atoms with van der Waals surface area (Å²) in [5.74, 6) is 1.74. The number of thiocarbonyl (C=S) groups is 1. The van der Waals surface area contributed by atoms with Gasteiger partial charge in [-0.15, -0.1) is 0 Å². The quantitative estimate of drug-likeness (QED) is 0.443. The zero-order valence-corrected chi connectivity index (χ0v) is 20.7. The molecule has 0 spiro atoms. The van der Waals surface area contributed by atoms with Crippen LogP contribution in [-0.2, 0) is 4.74 Å². The van der Waals surface area contributed by atoms with Crippen molar-refractivity contribution in [3.05, 3.63) is 76.7 Å². The van der Waals surface area contributed by atoms with E-state index >= 15 is 0 Å². The Morgan fingerprint density at radius 2 is 1.85 bits per heavy atom. The highest BCUT2D eigenvalue weighted by Gasteiger charge is 2.41. The number of nitrogens with zero attached hydrogens (tertiary/aromatic N) is 3. The van der Waals surface area contributed by atoms with Gasteiger partial charge in [0.05, 0.1) is 24.9 Å². The minimum Gasteiger partial charge on any atom is -0.459 e. The van der Waals surface area contributed by atoms with Crippen LogP contribution in [0, 0.1) is 0 Å². The topological polar surface area (TPSA) is 53.8 Å². The molecule has 8 heteroatoms. The summed E-state index contributed by atoms with van der Waals surface area (Å²) in [7, 11) is 0. The predicted octanol–water partition coefficient (Wildman–Crippen LogP) is 4.80. The van der Waals surface area contributed by atoms with E-state index in [9.17, 15) is 0 Å². The second-order valence-corrected chi connectivity index (χ2v) is 9.64. The van der Waals surface area contributed by atoms with Gasteiger partial charge in [0.1, 0.15) is 17.6 Å². The molecule has 0 radical (unpaired) electrons. The molecule has 172 valence electrons. The van der Waals surface area contributed by atoms with E-state index in [2.05, 4.69) is 54.2 Å². The molecule has 0 saturated carbocycles. The molecular formula is C25H27BrN4O2S. The average Bonchev–Trinajstić information content (AvgIpc) is 3.46. The smallest absolute Gasteiger partial charge is 0.170 e. The largest absolute Gasteiger partial charge is 0.459 e. The zero-order chi connectivity index (χ0) is 22.6. The van der Waals surface area contributed by atoms with Crippen LogP contribution in [0.15, 0.2) is 69.7 Å². The molecule has 33 heavy (non-hydrogen) atoms. The highest BCUT2D eigenvalue weighted by Crippen LogP contribution is 2.40. The first-order chi connectivity index (χ1) is 16.2. The molecule has 2 atom stereocenters. The highest BCUT2D eigenvalue weighted by molar-refractivity contribution is 9.10. The van der Waals surface area contributed by atoms with Crippen molar-refractivity contribution in [2.24, 2.45) is 0 Å². The summed E-state index contributed by atoms with van der Waals surface area (Å²) in [4.78, 5) is 9.34. The Labute approximate surface area is 208 Å². The second-order valence-electron chi connectivity index (χ2n) is 8.34. The second kappa shape index (κ2) is 10.3. The van der Waals surface area contributed by atoms with Crippen LogP contribution in [0.25, 0.3) is 11.3 Å².